The predicted octanol–water partition coefficient (Wildman–Crippen LogP) is 5.24. The highest BCUT2D eigenvalue weighted by atomic mass is 32.1. The molecule has 0 radical (unpaired) electrons. The van der Waals surface area contributed by atoms with Crippen molar-refractivity contribution in [3.8, 4) is 17.0 Å². The predicted molar refractivity (Wildman–Crippen MR) is 161 cm³/mol. The van der Waals surface area contributed by atoms with Crippen LogP contribution in [0.1, 0.15) is 59.6 Å². The Hall–Kier alpha value is -3.92. The Morgan fingerprint density at radius 1 is 0.927 bits per heavy atom. The first-order valence-corrected chi connectivity index (χ1v) is 14.4. The van der Waals surface area contributed by atoms with Gasteiger partial charge in [-0.15, -0.1) is 11.3 Å². The van der Waals surface area contributed by atoms with E-state index in [9.17, 15) is 14.4 Å². The Morgan fingerprint density at radius 3 is 2.24 bits per heavy atom. The second kappa shape index (κ2) is 13.6. The number of carbonyl (C=O) groups excluding carboxylic acids is 3. The molecule has 0 bridgehead atoms. The fraction of sp³-hybridized carbons (Fsp3) is 0.419. The van der Waals surface area contributed by atoms with Gasteiger partial charge in [-0.05, 0) is 71.7 Å². The summed E-state index contributed by atoms with van der Waals surface area (Å²) in [5.74, 6) is -0.180. The summed E-state index contributed by atoms with van der Waals surface area (Å²) in [6.45, 7) is 12.8. The lowest BCUT2D eigenvalue weighted by Gasteiger charge is -2.27. The molecule has 0 saturated heterocycles. The van der Waals surface area contributed by atoms with E-state index in [1.54, 1.807) is 26.3 Å². The maximum atomic E-state index is 13.3. The van der Waals surface area contributed by atoms with Crippen LogP contribution < -0.4 is 20.7 Å². The minimum absolute atomic E-state index is 0.211. The van der Waals surface area contributed by atoms with Gasteiger partial charge in [-0.25, -0.2) is 9.78 Å². The summed E-state index contributed by atoms with van der Waals surface area (Å²) in [6.07, 6.45) is -0.502. The number of hydrogen-bond acceptors (Lipinski definition) is 7. The molecule has 0 spiro atoms. The van der Waals surface area contributed by atoms with Crippen molar-refractivity contribution in [1.29, 1.82) is 0 Å². The zero-order valence-electron chi connectivity index (χ0n) is 24.7. The molecular formula is C31H40N4O5S. The van der Waals surface area contributed by atoms with Gasteiger partial charge >= 0.3 is 6.09 Å². The maximum absolute atomic E-state index is 13.3. The molecule has 0 fully saturated rings. The highest BCUT2D eigenvalue weighted by Gasteiger charge is 2.28. The molecule has 2 aromatic carbocycles. The van der Waals surface area contributed by atoms with Crippen LogP contribution in [0.25, 0.3) is 11.3 Å². The van der Waals surface area contributed by atoms with Crippen molar-refractivity contribution in [2.75, 3.05) is 0 Å². The van der Waals surface area contributed by atoms with E-state index < -0.39 is 35.2 Å². The number of hydrogen-bond donors (Lipinski definition) is 3. The summed E-state index contributed by atoms with van der Waals surface area (Å²) in [7, 11) is 0. The van der Waals surface area contributed by atoms with Gasteiger partial charge in [0, 0.05) is 22.9 Å². The van der Waals surface area contributed by atoms with E-state index in [2.05, 4.69) is 20.9 Å². The number of ether oxygens (including phenoxy) is 2. The molecule has 3 amide bonds. The van der Waals surface area contributed by atoms with Gasteiger partial charge in [-0.3, -0.25) is 9.59 Å². The highest BCUT2D eigenvalue weighted by Crippen LogP contribution is 2.32. The number of alkyl carbamates (subject to hydrolysis) is 1. The number of nitrogens with one attached hydrogen (secondary N) is 3. The lowest BCUT2D eigenvalue weighted by atomic mass is 9.99. The molecule has 0 aliphatic heterocycles. The standard InChI is InChI=1S/C31H40N4O5S/c1-20(33-29(38)40-31(5,6)7)27(36)34-24(28(37)35-30(2,3)4)16-22-13-14-26(23(15-22)25-18-41-19-32-25)39-17-21-11-9-8-10-12-21/h8-15,18-20,24H,16-17H2,1-7H3,(H,33,38)(H,34,36)(H,35,37)/t20-,24-/m0/s1. The van der Waals surface area contributed by atoms with E-state index in [1.807, 2.05) is 74.7 Å². The average molecular weight is 581 g/mol. The molecule has 9 nitrogen and oxygen atoms in total. The van der Waals surface area contributed by atoms with Gasteiger partial charge in [0.1, 0.15) is 30.0 Å². The maximum Gasteiger partial charge on any atom is 0.408 e. The van der Waals surface area contributed by atoms with Crippen LogP contribution in [0.2, 0.25) is 0 Å². The number of amides is 3. The number of nitrogens with zero attached hydrogens (tertiary/aromatic N) is 1. The Kier molecular flexibility index (Phi) is 10.5. The van der Waals surface area contributed by atoms with Crippen LogP contribution in [0.4, 0.5) is 4.79 Å². The summed E-state index contributed by atoms with van der Waals surface area (Å²) >= 11 is 1.48. The van der Waals surface area contributed by atoms with Crippen molar-refractivity contribution in [1.82, 2.24) is 20.9 Å². The van der Waals surface area contributed by atoms with E-state index in [4.69, 9.17) is 9.47 Å². The van der Waals surface area contributed by atoms with E-state index in [0.717, 1.165) is 22.4 Å². The Labute approximate surface area is 246 Å². The van der Waals surface area contributed by atoms with Crippen molar-refractivity contribution in [2.24, 2.45) is 0 Å². The van der Waals surface area contributed by atoms with Crippen LogP contribution in [0.5, 0.6) is 5.75 Å². The Bertz CT molecular complexity index is 1310. The van der Waals surface area contributed by atoms with Crippen molar-refractivity contribution < 1.29 is 23.9 Å². The van der Waals surface area contributed by atoms with Gasteiger partial charge in [0.15, 0.2) is 0 Å². The number of thiazole rings is 1. The zero-order chi connectivity index (χ0) is 30.2. The van der Waals surface area contributed by atoms with Crippen molar-refractivity contribution >= 4 is 29.2 Å². The number of benzene rings is 2. The van der Waals surface area contributed by atoms with E-state index in [1.165, 1.54) is 18.3 Å². The minimum Gasteiger partial charge on any atom is -0.488 e. The van der Waals surface area contributed by atoms with Crippen LogP contribution in [-0.4, -0.2) is 46.1 Å². The number of aromatic nitrogens is 1. The fourth-order valence-electron chi connectivity index (χ4n) is 3.86. The van der Waals surface area contributed by atoms with Gasteiger partial charge < -0.3 is 25.4 Å². The van der Waals surface area contributed by atoms with Gasteiger partial charge in [-0.1, -0.05) is 36.4 Å². The molecule has 0 aliphatic rings. The molecule has 1 heterocycles. The zero-order valence-corrected chi connectivity index (χ0v) is 25.6. The van der Waals surface area contributed by atoms with Gasteiger partial charge in [0.05, 0.1) is 11.2 Å². The smallest absolute Gasteiger partial charge is 0.408 e. The number of rotatable bonds is 10. The third-order valence-corrected chi connectivity index (χ3v) is 6.27. The largest absolute Gasteiger partial charge is 0.488 e. The summed E-state index contributed by atoms with van der Waals surface area (Å²) < 4.78 is 11.4. The molecule has 3 rings (SSSR count). The topological polar surface area (TPSA) is 119 Å². The highest BCUT2D eigenvalue weighted by molar-refractivity contribution is 7.07. The van der Waals surface area contributed by atoms with Crippen LogP contribution >= 0.6 is 11.3 Å². The first kappa shape index (κ1) is 31.6. The summed E-state index contributed by atoms with van der Waals surface area (Å²) in [6, 6.07) is 13.7. The third kappa shape index (κ3) is 10.5. The van der Waals surface area contributed by atoms with E-state index in [0.29, 0.717) is 12.4 Å². The van der Waals surface area contributed by atoms with Crippen LogP contribution in [0.15, 0.2) is 59.4 Å². The first-order valence-electron chi connectivity index (χ1n) is 13.5. The van der Waals surface area contributed by atoms with Crippen LogP contribution in [0.3, 0.4) is 0 Å². The van der Waals surface area contributed by atoms with E-state index >= 15 is 0 Å². The molecule has 220 valence electrons. The summed E-state index contributed by atoms with van der Waals surface area (Å²) in [5, 5.41) is 10.2. The number of carbonyl (C=O) groups is 3. The molecule has 0 unspecified atom stereocenters. The van der Waals surface area contributed by atoms with E-state index in [-0.39, 0.29) is 12.3 Å². The third-order valence-electron chi connectivity index (χ3n) is 5.69. The Morgan fingerprint density at radius 2 is 1.63 bits per heavy atom. The van der Waals surface area contributed by atoms with Gasteiger partial charge in [0.2, 0.25) is 11.8 Å². The molecule has 41 heavy (non-hydrogen) atoms. The van der Waals surface area contributed by atoms with Crippen molar-refractivity contribution in [3.63, 3.8) is 0 Å². The second-order valence-corrected chi connectivity index (χ2v) is 12.6. The molecule has 0 saturated carbocycles. The molecule has 10 heteroatoms. The van der Waals surface area contributed by atoms with Crippen molar-refractivity contribution in [2.45, 2.75) is 84.7 Å². The SMILES string of the molecule is C[C@H](NC(=O)OC(C)(C)C)C(=O)N[C@@H](Cc1ccc(OCc2ccccc2)c(-c2cscn2)c1)C(=O)NC(C)(C)C. The lowest BCUT2D eigenvalue weighted by Crippen LogP contribution is -2.56. The molecule has 3 aromatic rings. The van der Waals surface area contributed by atoms with Gasteiger partial charge in [-0.2, -0.15) is 0 Å². The molecule has 1 aromatic heterocycles. The van der Waals surface area contributed by atoms with Gasteiger partial charge in [0.25, 0.3) is 0 Å². The summed E-state index contributed by atoms with van der Waals surface area (Å²) in [4.78, 5) is 43.0. The molecular weight excluding hydrogens is 540 g/mol. The normalized spacial score (nSPS) is 13.0. The lowest BCUT2D eigenvalue weighted by molar-refractivity contribution is -0.130. The van der Waals surface area contributed by atoms with Crippen molar-refractivity contribution in [3.05, 3.63) is 70.5 Å². The van der Waals surface area contributed by atoms with Crippen LogP contribution in [0, 0.1) is 0 Å². The molecule has 2 atom stereocenters. The Balaban J connectivity index is 1.82. The summed E-state index contributed by atoms with van der Waals surface area (Å²) in [5.41, 5.74) is 3.93. The molecule has 3 N–H and O–H groups in total. The first-order chi connectivity index (χ1) is 19.2. The fourth-order valence-corrected chi connectivity index (χ4v) is 4.41. The van der Waals surface area contributed by atoms with Crippen LogP contribution in [-0.2, 0) is 27.4 Å². The minimum atomic E-state index is -0.922. The molecule has 0 aliphatic carbocycles. The second-order valence-electron chi connectivity index (χ2n) is 11.9. The quantitative estimate of drug-likeness (QED) is 0.302. The monoisotopic (exact) mass is 580 g/mol. The average Bonchev–Trinajstić information content (AvgIpc) is 3.40.